The number of carbonyl (C=O) groups excluding carboxylic acids is 2. The summed E-state index contributed by atoms with van der Waals surface area (Å²) in [6.07, 6.45) is 6.79. The number of nitrogens with two attached hydrogens (primary N) is 1. The van der Waals surface area contributed by atoms with Crippen molar-refractivity contribution in [3.05, 3.63) is 0 Å². The standard InChI is InChI=1S/C15H22N4O2S/c16-14(22)17-8-10-6-11(17)12-13(20)18(15(21)19(10)12)7-9-4-2-1-3-5-9/h9-12H,1-8H2,(H2,16,22). The zero-order valence-electron chi connectivity index (χ0n) is 12.6. The van der Waals surface area contributed by atoms with Gasteiger partial charge in [0.2, 0.25) is 0 Å². The maximum absolute atomic E-state index is 12.8. The minimum atomic E-state index is -0.364. The normalized spacial score (nSPS) is 34.7. The number of imide groups is 1. The fraction of sp³-hybridized carbons (Fsp3) is 0.800. The molecular weight excluding hydrogens is 300 g/mol. The molecule has 4 fully saturated rings. The van der Waals surface area contributed by atoms with Crippen molar-refractivity contribution in [2.24, 2.45) is 11.7 Å². The van der Waals surface area contributed by atoms with Gasteiger partial charge in [0.05, 0.1) is 12.1 Å². The Balaban J connectivity index is 1.52. The molecular formula is C15H22N4O2S. The van der Waals surface area contributed by atoms with Crippen molar-refractivity contribution in [1.82, 2.24) is 14.7 Å². The molecule has 1 saturated carbocycles. The van der Waals surface area contributed by atoms with E-state index in [-0.39, 0.29) is 30.1 Å². The molecule has 2 N–H and O–H groups in total. The third-order valence-corrected chi connectivity index (χ3v) is 6.03. The number of piperazine rings is 1. The van der Waals surface area contributed by atoms with Gasteiger partial charge in [-0.25, -0.2) is 4.79 Å². The molecule has 3 heterocycles. The van der Waals surface area contributed by atoms with E-state index in [0.29, 0.717) is 24.1 Å². The van der Waals surface area contributed by atoms with Crippen LogP contribution in [0.25, 0.3) is 0 Å². The van der Waals surface area contributed by atoms with Crippen LogP contribution in [0, 0.1) is 5.92 Å². The van der Waals surface area contributed by atoms with Gasteiger partial charge in [0, 0.05) is 13.1 Å². The monoisotopic (exact) mass is 322 g/mol. The Labute approximate surface area is 135 Å². The van der Waals surface area contributed by atoms with E-state index in [4.69, 9.17) is 18.0 Å². The maximum atomic E-state index is 12.8. The number of rotatable bonds is 2. The predicted octanol–water partition coefficient (Wildman–Crippen LogP) is 0.900. The molecule has 3 amide bonds. The van der Waals surface area contributed by atoms with Gasteiger partial charge in [-0.05, 0) is 37.4 Å². The van der Waals surface area contributed by atoms with E-state index in [9.17, 15) is 9.59 Å². The molecule has 0 aromatic rings. The number of fused-ring (bicyclic) bond motifs is 5. The van der Waals surface area contributed by atoms with Crippen LogP contribution in [-0.4, -0.2) is 63.0 Å². The molecule has 120 valence electrons. The first-order valence-electron chi connectivity index (χ1n) is 8.27. The van der Waals surface area contributed by atoms with E-state index in [1.807, 2.05) is 4.90 Å². The van der Waals surface area contributed by atoms with Gasteiger partial charge in [-0.15, -0.1) is 0 Å². The van der Waals surface area contributed by atoms with Crippen LogP contribution < -0.4 is 5.73 Å². The highest BCUT2D eigenvalue weighted by Crippen LogP contribution is 2.41. The highest BCUT2D eigenvalue weighted by atomic mass is 32.1. The van der Waals surface area contributed by atoms with Gasteiger partial charge in [0.15, 0.2) is 5.11 Å². The fourth-order valence-corrected chi connectivity index (χ4v) is 4.97. The zero-order chi connectivity index (χ0) is 15.4. The quantitative estimate of drug-likeness (QED) is 0.604. The van der Waals surface area contributed by atoms with Crippen molar-refractivity contribution in [3.8, 4) is 0 Å². The van der Waals surface area contributed by atoms with Gasteiger partial charge in [-0.2, -0.15) is 0 Å². The average Bonchev–Trinajstić information content (AvgIpc) is 3.16. The molecule has 0 spiro atoms. The van der Waals surface area contributed by atoms with E-state index in [2.05, 4.69) is 0 Å². The smallest absolute Gasteiger partial charge is 0.327 e. The Morgan fingerprint density at radius 2 is 1.95 bits per heavy atom. The van der Waals surface area contributed by atoms with E-state index < -0.39 is 0 Å². The number of amides is 3. The number of nitrogens with zero attached hydrogens (tertiary/aromatic N) is 3. The Hall–Kier alpha value is -1.37. The van der Waals surface area contributed by atoms with Gasteiger partial charge >= 0.3 is 6.03 Å². The predicted molar refractivity (Wildman–Crippen MR) is 85.0 cm³/mol. The Morgan fingerprint density at radius 3 is 2.64 bits per heavy atom. The van der Waals surface area contributed by atoms with Gasteiger partial charge in [0.1, 0.15) is 6.04 Å². The summed E-state index contributed by atoms with van der Waals surface area (Å²) in [7, 11) is 0. The van der Waals surface area contributed by atoms with Crippen molar-refractivity contribution in [3.63, 3.8) is 0 Å². The van der Waals surface area contributed by atoms with Crippen LogP contribution in [-0.2, 0) is 4.79 Å². The molecule has 4 rings (SSSR count). The molecule has 3 saturated heterocycles. The van der Waals surface area contributed by atoms with Crippen LogP contribution in [0.15, 0.2) is 0 Å². The van der Waals surface area contributed by atoms with Crippen molar-refractivity contribution in [1.29, 1.82) is 0 Å². The number of likely N-dealkylation sites (tertiary alicyclic amines) is 1. The first kappa shape index (κ1) is 14.2. The average molecular weight is 322 g/mol. The fourth-order valence-electron chi connectivity index (χ4n) is 4.76. The topological polar surface area (TPSA) is 69.9 Å². The van der Waals surface area contributed by atoms with Crippen LogP contribution in [0.4, 0.5) is 4.79 Å². The van der Waals surface area contributed by atoms with Gasteiger partial charge in [0.25, 0.3) is 5.91 Å². The molecule has 4 aliphatic rings. The molecule has 0 radical (unpaired) electrons. The molecule has 0 aromatic heterocycles. The lowest BCUT2D eigenvalue weighted by Gasteiger charge is -2.35. The number of urea groups is 1. The lowest BCUT2D eigenvalue weighted by atomic mass is 9.89. The SMILES string of the molecule is NC(=S)N1CC2CC1C1C(=O)N(CC3CCCCC3)C(=O)N21. The minimum Gasteiger partial charge on any atom is -0.376 e. The Morgan fingerprint density at radius 1 is 1.23 bits per heavy atom. The second-order valence-electron chi connectivity index (χ2n) is 7.04. The molecule has 3 atom stereocenters. The molecule has 22 heavy (non-hydrogen) atoms. The summed E-state index contributed by atoms with van der Waals surface area (Å²) in [6, 6.07) is -0.383. The summed E-state index contributed by atoms with van der Waals surface area (Å²) in [5.74, 6) is 0.440. The van der Waals surface area contributed by atoms with Crippen molar-refractivity contribution < 1.29 is 9.59 Å². The van der Waals surface area contributed by atoms with E-state index in [0.717, 1.165) is 19.3 Å². The van der Waals surface area contributed by atoms with Crippen LogP contribution in [0.3, 0.4) is 0 Å². The van der Waals surface area contributed by atoms with Gasteiger partial charge in [-0.1, -0.05) is 19.3 Å². The molecule has 7 heteroatoms. The molecule has 3 unspecified atom stereocenters. The van der Waals surface area contributed by atoms with Crippen molar-refractivity contribution >= 4 is 29.3 Å². The number of carbonyl (C=O) groups is 2. The lowest BCUT2D eigenvalue weighted by molar-refractivity contribution is -0.129. The van der Waals surface area contributed by atoms with Crippen molar-refractivity contribution in [2.75, 3.05) is 13.1 Å². The lowest BCUT2D eigenvalue weighted by Crippen LogP contribution is -2.56. The van der Waals surface area contributed by atoms with Crippen LogP contribution in [0.2, 0.25) is 0 Å². The largest absolute Gasteiger partial charge is 0.376 e. The highest BCUT2D eigenvalue weighted by molar-refractivity contribution is 7.80. The Bertz CT molecular complexity index is 534. The molecule has 0 aromatic carbocycles. The zero-order valence-corrected chi connectivity index (χ0v) is 13.4. The third-order valence-electron chi connectivity index (χ3n) is 5.80. The summed E-state index contributed by atoms with van der Waals surface area (Å²) in [6.45, 7) is 1.27. The van der Waals surface area contributed by atoms with Crippen LogP contribution in [0.1, 0.15) is 38.5 Å². The minimum absolute atomic E-state index is 0.0182. The number of thiocarbonyl (C=S) groups is 1. The third kappa shape index (κ3) is 1.94. The van der Waals surface area contributed by atoms with E-state index in [1.165, 1.54) is 24.2 Å². The second-order valence-corrected chi connectivity index (χ2v) is 7.45. The molecule has 1 aliphatic carbocycles. The summed E-state index contributed by atoms with van der Waals surface area (Å²) in [4.78, 5) is 30.7. The van der Waals surface area contributed by atoms with E-state index >= 15 is 0 Å². The Kier molecular flexibility index (Phi) is 3.29. The van der Waals surface area contributed by atoms with E-state index in [1.54, 1.807) is 4.90 Å². The molecule has 2 bridgehead atoms. The molecule has 6 nitrogen and oxygen atoms in total. The van der Waals surface area contributed by atoms with Gasteiger partial charge in [-0.3, -0.25) is 9.69 Å². The first-order valence-corrected chi connectivity index (χ1v) is 8.68. The number of hydrogen-bond acceptors (Lipinski definition) is 3. The summed E-state index contributed by atoms with van der Waals surface area (Å²) >= 11 is 5.08. The molecule has 3 aliphatic heterocycles. The first-order chi connectivity index (χ1) is 10.6. The maximum Gasteiger partial charge on any atom is 0.327 e. The highest BCUT2D eigenvalue weighted by Gasteiger charge is 2.62. The van der Waals surface area contributed by atoms with Crippen molar-refractivity contribution in [2.45, 2.75) is 56.7 Å². The number of hydrogen-bond donors (Lipinski definition) is 1. The van der Waals surface area contributed by atoms with Crippen LogP contribution >= 0.6 is 12.2 Å². The van der Waals surface area contributed by atoms with Crippen LogP contribution in [0.5, 0.6) is 0 Å². The summed E-state index contributed by atoms with van der Waals surface area (Å²) < 4.78 is 0. The van der Waals surface area contributed by atoms with Gasteiger partial charge < -0.3 is 15.5 Å². The summed E-state index contributed by atoms with van der Waals surface area (Å²) in [5, 5.41) is 0.345. The summed E-state index contributed by atoms with van der Waals surface area (Å²) in [5.41, 5.74) is 5.76. The second kappa shape index (κ2) is 5.08.